The molecule has 1 saturated heterocycles. The molecule has 0 atom stereocenters. The van der Waals surface area contributed by atoms with Gasteiger partial charge in [0.2, 0.25) is 6.19 Å². The number of hydrogen-bond acceptors (Lipinski definition) is 5. The molecule has 6 heteroatoms. The van der Waals surface area contributed by atoms with Gasteiger partial charge in [-0.15, -0.1) is 4.99 Å². The second-order valence-electron chi connectivity index (χ2n) is 4.93. The molecule has 5 nitrogen and oxygen atoms in total. The molecule has 118 valence electrons. The number of nitrogens with zero attached hydrogens (tertiary/aromatic N) is 2. The molecule has 2 aromatic rings. The number of thioether (sulfide) groups is 1. The maximum Gasteiger partial charge on any atom is 0.264 e. The van der Waals surface area contributed by atoms with Crippen molar-refractivity contribution in [3.05, 3.63) is 70.6 Å². The fourth-order valence-corrected chi connectivity index (χ4v) is 2.89. The monoisotopic (exact) mass is 335 g/mol. The van der Waals surface area contributed by atoms with Crippen LogP contribution < -0.4 is 10.1 Å². The number of ether oxygens (including phenoxy) is 1. The largest absolute Gasteiger partial charge is 0.489 e. The molecule has 1 amide bonds. The first-order valence-electron chi connectivity index (χ1n) is 7.19. The molecule has 0 unspecified atom stereocenters. The molecule has 0 radical (unpaired) electrons. The topological polar surface area (TPSA) is 74.5 Å². The molecular weight excluding hydrogens is 322 g/mol. The first-order valence-corrected chi connectivity index (χ1v) is 8.01. The van der Waals surface area contributed by atoms with Crippen molar-refractivity contribution in [1.29, 1.82) is 5.26 Å². The summed E-state index contributed by atoms with van der Waals surface area (Å²) in [5.41, 5.74) is 1.93. The zero-order chi connectivity index (χ0) is 16.8. The molecule has 1 aliphatic heterocycles. The zero-order valence-electron chi connectivity index (χ0n) is 12.6. The van der Waals surface area contributed by atoms with Crippen molar-refractivity contribution in [3.8, 4) is 11.9 Å². The van der Waals surface area contributed by atoms with Gasteiger partial charge in [0.25, 0.3) is 5.91 Å². The highest BCUT2D eigenvalue weighted by molar-refractivity contribution is 8.18. The average molecular weight is 335 g/mol. The van der Waals surface area contributed by atoms with E-state index in [2.05, 4.69) is 10.3 Å². The molecule has 0 saturated carbocycles. The predicted octanol–water partition coefficient (Wildman–Crippen LogP) is 3.31. The van der Waals surface area contributed by atoms with Gasteiger partial charge in [-0.2, -0.15) is 5.26 Å². The van der Waals surface area contributed by atoms with E-state index in [1.807, 2.05) is 54.6 Å². The lowest BCUT2D eigenvalue weighted by Crippen LogP contribution is -2.19. The lowest BCUT2D eigenvalue weighted by Gasteiger charge is -2.07. The van der Waals surface area contributed by atoms with Crippen molar-refractivity contribution in [3.63, 3.8) is 0 Å². The van der Waals surface area contributed by atoms with E-state index in [0.29, 0.717) is 16.7 Å². The van der Waals surface area contributed by atoms with Crippen molar-refractivity contribution in [1.82, 2.24) is 5.32 Å². The fourth-order valence-electron chi connectivity index (χ4n) is 2.11. The van der Waals surface area contributed by atoms with E-state index in [0.717, 1.165) is 28.6 Å². The van der Waals surface area contributed by atoms with Crippen molar-refractivity contribution >= 4 is 28.9 Å². The van der Waals surface area contributed by atoms with Crippen molar-refractivity contribution in [2.75, 3.05) is 0 Å². The minimum Gasteiger partial charge on any atom is -0.489 e. The summed E-state index contributed by atoms with van der Waals surface area (Å²) in [6, 6.07) is 17.4. The van der Waals surface area contributed by atoms with Crippen LogP contribution in [0.1, 0.15) is 11.1 Å². The summed E-state index contributed by atoms with van der Waals surface area (Å²) < 4.78 is 5.78. The minimum absolute atomic E-state index is 0.260. The third-order valence-electron chi connectivity index (χ3n) is 3.21. The fraction of sp³-hybridized carbons (Fsp3) is 0.0556. The van der Waals surface area contributed by atoms with E-state index in [1.54, 1.807) is 12.3 Å². The third-order valence-corrected chi connectivity index (χ3v) is 4.12. The highest BCUT2D eigenvalue weighted by Crippen LogP contribution is 2.27. The van der Waals surface area contributed by atoms with Gasteiger partial charge in [0.15, 0.2) is 5.17 Å². The summed E-state index contributed by atoms with van der Waals surface area (Å²) >= 11 is 1.14. The van der Waals surface area contributed by atoms with Crippen LogP contribution in [0.25, 0.3) is 6.08 Å². The van der Waals surface area contributed by atoms with Crippen LogP contribution >= 0.6 is 11.8 Å². The number of amidine groups is 1. The molecule has 1 fully saturated rings. The second-order valence-corrected chi connectivity index (χ2v) is 5.96. The number of amides is 1. The van der Waals surface area contributed by atoms with Crippen LogP contribution in [0.5, 0.6) is 5.75 Å². The summed E-state index contributed by atoms with van der Waals surface area (Å²) in [7, 11) is 0. The van der Waals surface area contributed by atoms with Gasteiger partial charge in [0.05, 0.1) is 4.91 Å². The number of hydrogen-bond donors (Lipinski definition) is 1. The number of aliphatic imine (C=N–C) groups is 1. The Balaban J connectivity index is 1.72. The summed E-state index contributed by atoms with van der Waals surface area (Å²) in [4.78, 5) is 15.9. The van der Waals surface area contributed by atoms with E-state index >= 15 is 0 Å². The van der Waals surface area contributed by atoms with Crippen LogP contribution in [0.2, 0.25) is 0 Å². The van der Waals surface area contributed by atoms with Gasteiger partial charge in [0, 0.05) is 0 Å². The van der Waals surface area contributed by atoms with Crippen LogP contribution in [-0.4, -0.2) is 11.1 Å². The van der Waals surface area contributed by atoms with Gasteiger partial charge < -0.3 is 4.74 Å². The van der Waals surface area contributed by atoms with Gasteiger partial charge in [-0.05, 0) is 41.1 Å². The van der Waals surface area contributed by atoms with Gasteiger partial charge in [0.1, 0.15) is 12.4 Å². The van der Waals surface area contributed by atoms with Crippen molar-refractivity contribution in [2.45, 2.75) is 6.61 Å². The van der Waals surface area contributed by atoms with Gasteiger partial charge >= 0.3 is 0 Å². The summed E-state index contributed by atoms with van der Waals surface area (Å²) in [6.45, 7) is 0.481. The van der Waals surface area contributed by atoms with Crippen LogP contribution in [0.4, 0.5) is 0 Å². The van der Waals surface area contributed by atoms with Crippen molar-refractivity contribution in [2.24, 2.45) is 4.99 Å². The van der Waals surface area contributed by atoms with Gasteiger partial charge in [-0.25, -0.2) is 0 Å². The summed E-state index contributed by atoms with van der Waals surface area (Å²) in [6.07, 6.45) is 3.41. The molecule has 2 aromatic carbocycles. The lowest BCUT2D eigenvalue weighted by atomic mass is 10.2. The number of carbonyl (C=O) groups is 1. The molecule has 24 heavy (non-hydrogen) atoms. The quantitative estimate of drug-likeness (QED) is 0.687. The maximum absolute atomic E-state index is 11.8. The molecule has 0 bridgehead atoms. The maximum atomic E-state index is 11.8. The highest BCUT2D eigenvalue weighted by Gasteiger charge is 2.23. The number of carbonyl (C=O) groups excluding carboxylic acids is 1. The highest BCUT2D eigenvalue weighted by atomic mass is 32.2. The van der Waals surface area contributed by atoms with Crippen LogP contribution in [0.15, 0.2) is 64.5 Å². The number of benzene rings is 2. The Morgan fingerprint density at radius 3 is 2.83 bits per heavy atom. The summed E-state index contributed by atoms with van der Waals surface area (Å²) in [5.74, 6) is 0.465. The van der Waals surface area contributed by atoms with Crippen molar-refractivity contribution < 1.29 is 9.53 Å². The SMILES string of the molecule is N#CN=C1NC(=O)/C(=C\c2cccc(OCc3ccccc3)c2)S1. The normalized spacial score (nSPS) is 16.9. The zero-order valence-corrected chi connectivity index (χ0v) is 13.4. The number of rotatable bonds is 4. The molecule has 0 aliphatic carbocycles. The van der Waals surface area contributed by atoms with E-state index in [4.69, 9.17) is 10.00 Å². The molecule has 0 aromatic heterocycles. The molecule has 1 N–H and O–H groups in total. The van der Waals surface area contributed by atoms with E-state index in [-0.39, 0.29) is 5.91 Å². The molecule has 0 spiro atoms. The van der Waals surface area contributed by atoms with Crippen LogP contribution in [-0.2, 0) is 11.4 Å². The van der Waals surface area contributed by atoms with Gasteiger partial charge in [-0.1, -0.05) is 42.5 Å². The smallest absolute Gasteiger partial charge is 0.264 e. The Labute approximate surface area is 143 Å². The summed E-state index contributed by atoms with van der Waals surface area (Å²) in [5, 5.41) is 11.4. The first kappa shape index (κ1) is 15.8. The third kappa shape index (κ3) is 4.03. The van der Waals surface area contributed by atoms with E-state index in [9.17, 15) is 4.79 Å². The van der Waals surface area contributed by atoms with E-state index < -0.39 is 0 Å². The Morgan fingerprint density at radius 1 is 1.21 bits per heavy atom. The minimum atomic E-state index is -0.260. The Bertz CT molecular complexity index is 854. The standard InChI is InChI=1S/C18H13N3O2S/c19-12-20-18-21-17(22)16(24-18)10-14-7-4-8-15(9-14)23-11-13-5-2-1-3-6-13/h1-10H,11H2,(H,20,21,22)/b16-10+. The molecule has 1 aliphatic rings. The van der Waals surface area contributed by atoms with E-state index in [1.165, 1.54) is 0 Å². The van der Waals surface area contributed by atoms with Gasteiger partial charge in [-0.3, -0.25) is 10.1 Å². The lowest BCUT2D eigenvalue weighted by molar-refractivity contribution is -0.115. The van der Waals surface area contributed by atoms with Crippen LogP contribution in [0, 0.1) is 11.5 Å². The molecule has 3 rings (SSSR count). The molecule has 1 heterocycles. The second kappa shape index (κ2) is 7.49. The Hall–Kier alpha value is -3.04. The average Bonchev–Trinajstić information content (AvgIpc) is 2.94. The number of nitrogens with one attached hydrogen (secondary N) is 1. The Morgan fingerprint density at radius 2 is 2.04 bits per heavy atom. The predicted molar refractivity (Wildman–Crippen MR) is 94.0 cm³/mol. The number of nitriles is 1. The van der Waals surface area contributed by atoms with Crippen LogP contribution in [0.3, 0.4) is 0 Å². The molecular formula is C18H13N3O2S. The first-order chi connectivity index (χ1) is 11.7. The Kier molecular flexibility index (Phi) is 4.94.